The lowest BCUT2D eigenvalue weighted by Gasteiger charge is -2.06. The molecule has 5 heteroatoms. The highest BCUT2D eigenvalue weighted by molar-refractivity contribution is 5.91. The number of esters is 1. The molecule has 1 aromatic carbocycles. The van der Waals surface area contributed by atoms with Crippen molar-refractivity contribution in [3.8, 4) is 0 Å². The molecule has 5 nitrogen and oxygen atoms in total. The van der Waals surface area contributed by atoms with Crippen molar-refractivity contribution in [3.63, 3.8) is 0 Å². The first-order valence-electron chi connectivity index (χ1n) is 4.90. The Labute approximate surface area is 93.2 Å². The van der Waals surface area contributed by atoms with Gasteiger partial charge in [0.2, 0.25) is 0 Å². The van der Waals surface area contributed by atoms with Crippen LogP contribution in [0.2, 0.25) is 0 Å². The highest BCUT2D eigenvalue weighted by atomic mass is 16.6. The lowest BCUT2D eigenvalue weighted by atomic mass is 10.0. The van der Waals surface area contributed by atoms with E-state index in [0.717, 1.165) is 0 Å². The van der Waals surface area contributed by atoms with Crippen molar-refractivity contribution in [1.29, 1.82) is 0 Å². The number of nitro benzene ring substituents is 1. The molecule has 0 aromatic heterocycles. The third kappa shape index (κ3) is 2.36. The zero-order chi connectivity index (χ0) is 12.3. The maximum Gasteiger partial charge on any atom is 0.338 e. The summed E-state index contributed by atoms with van der Waals surface area (Å²) >= 11 is 0. The van der Waals surface area contributed by atoms with Crippen molar-refractivity contribution < 1.29 is 14.5 Å². The van der Waals surface area contributed by atoms with Gasteiger partial charge in [0.1, 0.15) is 0 Å². The van der Waals surface area contributed by atoms with E-state index >= 15 is 0 Å². The van der Waals surface area contributed by atoms with Crippen LogP contribution in [0.3, 0.4) is 0 Å². The summed E-state index contributed by atoms with van der Waals surface area (Å²) in [4.78, 5) is 21.7. The topological polar surface area (TPSA) is 69.4 Å². The third-order valence-electron chi connectivity index (χ3n) is 2.23. The highest BCUT2D eigenvalue weighted by Crippen LogP contribution is 2.23. The largest absolute Gasteiger partial charge is 0.462 e. The molecule has 0 bridgehead atoms. The summed E-state index contributed by atoms with van der Waals surface area (Å²) < 4.78 is 4.86. The van der Waals surface area contributed by atoms with E-state index in [0.29, 0.717) is 16.7 Å². The fourth-order valence-electron chi connectivity index (χ4n) is 1.43. The lowest BCUT2D eigenvalue weighted by molar-refractivity contribution is -0.385. The van der Waals surface area contributed by atoms with E-state index in [1.807, 2.05) is 0 Å². The van der Waals surface area contributed by atoms with Gasteiger partial charge in [0, 0.05) is 11.6 Å². The van der Waals surface area contributed by atoms with Gasteiger partial charge in [0.15, 0.2) is 0 Å². The van der Waals surface area contributed by atoms with E-state index in [4.69, 9.17) is 4.74 Å². The molecule has 0 N–H and O–H groups in total. The second kappa shape index (κ2) is 4.74. The van der Waals surface area contributed by atoms with Crippen LogP contribution in [0.1, 0.15) is 28.4 Å². The number of hydrogen-bond acceptors (Lipinski definition) is 4. The Balaban J connectivity index is 3.20. The molecule has 86 valence electrons. The Kier molecular flexibility index (Phi) is 3.60. The molecule has 0 fully saturated rings. The minimum Gasteiger partial charge on any atom is -0.462 e. The second-order valence-corrected chi connectivity index (χ2v) is 3.43. The average Bonchev–Trinajstić information content (AvgIpc) is 2.20. The van der Waals surface area contributed by atoms with E-state index in [-0.39, 0.29) is 12.3 Å². The highest BCUT2D eigenvalue weighted by Gasteiger charge is 2.17. The summed E-state index contributed by atoms with van der Waals surface area (Å²) in [6, 6.07) is 2.88. The molecule has 0 aliphatic carbocycles. The minimum absolute atomic E-state index is 0.0190. The molecule has 0 aliphatic heterocycles. The zero-order valence-electron chi connectivity index (χ0n) is 9.44. The van der Waals surface area contributed by atoms with Gasteiger partial charge in [-0.25, -0.2) is 4.79 Å². The smallest absolute Gasteiger partial charge is 0.338 e. The summed E-state index contributed by atoms with van der Waals surface area (Å²) in [5, 5.41) is 10.7. The van der Waals surface area contributed by atoms with E-state index in [1.165, 1.54) is 12.1 Å². The first kappa shape index (κ1) is 12.2. The van der Waals surface area contributed by atoms with Crippen LogP contribution in [0.4, 0.5) is 5.69 Å². The van der Waals surface area contributed by atoms with Gasteiger partial charge in [-0.05, 0) is 32.4 Å². The quantitative estimate of drug-likeness (QED) is 0.448. The molecule has 0 unspecified atom stereocenters. The fourth-order valence-corrected chi connectivity index (χ4v) is 1.43. The molecule has 1 rings (SSSR count). The SMILES string of the molecule is CCOC(=O)c1cc(C)c([N+](=O)[O-])cc1C. The normalized spacial score (nSPS) is 9.94. The predicted octanol–water partition coefficient (Wildman–Crippen LogP) is 2.39. The van der Waals surface area contributed by atoms with Gasteiger partial charge in [-0.3, -0.25) is 10.1 Å². The fraction of sp³-hybridized carbons (Fsp3) is 0.364. The summed E-state index contributed by atoms with van der Waals surface area (Å²) in [7, 11) is 0. The molecule has 0 saturated carbocycles. The van der Waals surface area contributed by atoms with Crippen LogP contribution < -0.4 is 0 Å². The van der Waals surface area contributed by atoms with Crippen LogP contribution in [0, 0.1) is 24.0 Å². The Hall–Kier alpha value is -1.91. The molecule has 0 heterocycles. The number of carbonyl (C=O) groups is 1. The summed E-state index contributed by atoms with van der Waals surface area (Å²) in [5.41, 5.74) is 1.41. The predicted molar refractivity (Wildman–Crippen MR) is 58.5 cm³/mol. The van der Waals surface area contributed by atoms with Gasteiger partial charge in [0.25, 0.3) is 5.69 Å². The van der Waals surface area contributed by atoms with E-state index in [9.17, 15) is 14.9 Å². The number of nitro groups is 1. The van der Waals surface area contributed by atoms with Gasteiger partial charge >= 0.3 is 5.97 Å². The van der Waals surface area contributed by atoms with Crippen LogP contribution in [0.5, 0.6) is 0 Å². The van der Waals surface area contributed by atoms with Crippen LogP contribution in [0.25, 0.3) is 0 Å². The second-order valence-electron chi connectivity index (χ2n) is 3.43. The molecule has 0 saturated heterocycles. The van der Waals surface area contributed by atoms with Crippen molar-refractivity contribution in [2.45, 2.75) is 20.8 Å². The van der Waals surface area contributed by atoms with Crippen LogP contribution in [0.15, 0.2) is 12.1 Å². The van der Waals surface area contributed by atoms with E-state index < -0.39 is 10.9 Å². The molecular weight excluding hydrogens is 210 g/mol. The van der Waals surface area contributed by atoms with Gasteiger partial charge in [-0.2, -0.15) is 0 Å². The van der Waals surface area contributed by atoms with Gasteiger partial charge < -0.3 is 4.74 Å². The zero-order valence-corrected chi connectivity index (χ0v) is 9.44. The number of benzene rings is 1. The molecule has 0 spiro atoms. The number of carbonyl (C=O) groups excluding carboxylic acids is 1. The Morgan fingerprint density at radius 1 is 1.38 bits per heavy atom. The molecular formula is C11H13NO4. The summed E-state index contributed by atoms with van der Waals surface area (Å²) in [6.07, 6.45) is 0. The van der Waals surface area contributed by atoms with Crippen molar-refractivity contribution >= 4 is 11.7 Å². The first-order valence-corrected chi connectivity index (χ1v) is 4.90. The number of rotatable bonds is 3. The summed E-state index contributed by atoms with van der Waals surface area (Å²) in [6.45, 7) is 5.25. The molecule has 1 aromatic rings. The van der Waals surface area contributed by atoms with Crippen LogP contribution >= 0.6 is 0 Å². The molecule has 0 aliphatic rings. The van der Waals surface area contributed by atoms with Crippen LogP contribution in [-0.2, 0) is 4.74 Å². The van der Waals surface area contributed by atoms with Gasteiger partial charge in [-0.1, -0.05) is 0 Å². The maximum atomic E-state index is 11.5. The van der Waals surface area contributed by atoms with Crippen molar-refractivity contribution in [1.82, 2.24) is 0 Å². The monoisotopic (exact) mass is 223 g/mol. The lowest BCUT2D eigenvalue weighted by Crippen LogP contribution is -2.08. The van der Waals surface area contributed by atoms with Crippen LogP contribution in [-0.4, -0.2) is 17.5 Å². The number of nitrogens with zero attached hydrogens (tertiary/aromatic N) is 1. The first-order chi connectivity index (χ1) is 7.47. The Morgan fingerprint density at radius 3 is 2.50 bits per heavy atom. The van der Waals surface area contributed by atoms with Crippen molar-refractivity contribution in [2.75, 3.05) is 6.61 Å². The number of hydrogen-bond donors (Lipinski definition) is 0. The minimum atomic E-state index is -0.461. The van der Waals surface area contributed by atoms with Gasteiger partial charge in [-0.15, -0.1) is 0 Å². The van der Waals surface area contributed by atoms with Crippen molar-refractivity contribution in [2.24, 2.45) is 0 Å². The Bertz CT molecular complexity index is 440. The molecule has 0 amide bonds. The standard InChI is InChI=1S/C11H13NO4/c1-4-16-11(13)9-5-8(3)10(12(14)15)6-7(9)2/h5-6H,4H2,1-3H3. The van der Waals surface area contributed by atoms with Crippen molar-refractivity contribution in [3.05, 3.63) is 38.9 Å². The average molecular weight is 223 g/mol. The molecule has 0 atom stereocenters. The number of ether oxygens (including phenoxy) is 1. The van der Waals surface area contributed by atoms with E-state index in [1.54, 1.807) is 20.8 Å². The van der Waals surface area contributed by atoms with E-state index in [2.05, 4.69) is 0 Å². The summed E-state index contributed by atoms with van der Waals surface area (Å²) in [5.74, 6) is -0.446. The Morgan fingerprint density at radius 2 is 2.00 bits per heavy atom. The molecule has 0 radical (unpaired) electrons. The van der Waals surface area contributed by atoms with Gasteiger partial charge in [0.05, 0.1) is 17.1 Å². The molecule has 16 heavy (non-hydrogen) atoms. The number of aryl methyl sites for hydroxylation is 2. The maximum absolute atomic E-state index is 11.5. The third-order valence-corrected chi connectivity index (χ3v) is 2.23.